The average molecular weight is 196 g/mol. The second-order valence-corrected chi connectivity index (χ2v) is 3.55. The molecule has 0 aromatic carbocycles. The van der Waals surface area contributed by atoms with Crippen LogP contribution in [0, 0.1) is 0 Å². The van der Waals surface area contributed by atoms with Gasteiger partial charge in [-0.3, -0.25) is 9.59 Å². The number of rotatable bonds is 7. The highest BCUT2D eigenvalue weighted by atomic mass is 16.1. The summed E-state index contributed by atoms with van der Waals surface area (Å²) in [6, 6.07) is 0. The molecule has 0 bridgehead atoms. The third-order valence-corrected chi connectivity index (χ3v) is 2.26. The van der Waals surface area contributed by atoms with Crippen molar-refractivity contribution < 1.29 is 9.59 Å². The molecular weight excluding hydrogens is 176 g/mol. The zero-order valence-electron chi connectivity index (χ0n) is 9.43. The van der Waals surface area contributed by atoms with E-state index in [1.165, 1.54) is 5.57 Å². The lowest BCUT2D eigenvalue weighted by Crippen LogP contribution is -2.05. The Labute approximate surface area is 86.4 Å². The number of allylic oxidation sites excluding steroid dienone is 2. The van der Waals surface area contributed by atoms with Gasteiger partial charge in [-0.2, -0.15) is 0 Å². The SMILES string of the molecule is CCC(=O)CC(=O)CC/C=C(/C)CC. The van der Waals surface area contributed by atoms with Gasteiger partial charge in [0.1, 0.15) is 11.6 Å². The van der Waals surface area contributed by atoms with Crippen molar-refractivity contribution in [3.05, 3.63) is 11.6 Å². The summed E-state index contributed by atoms with van der Waals surface area (Å²) in [4.78, 5) is 22.2. The van der Waals surface area contributed by atoms with E-state index in [2.05, 4.69) is 19.9 Å². The molecule has 0 rings (SSSR count). The minimum Gasteiger partial charge on any atom is -0.299 e. The van der Waals surface area contributed by atoms with Gasteiger partial charge in [0.25, 0.3) is 0 Å². The van der Waals surface area contributed by atoms with Gasteiger partial charge in [0.2, 0.25) is 0 Å². The van der Waals surface area contributed by atoms with Crippen molar-refractivity contribution in [3.63, 3.8) is 0 Å². The number of carbonyl (C=O) groups is 2. The maximum atomic E-state index is 11.2. The van der Waals surface area contributed by atoms with Gasteiger partial charge in [0.15, 0.2) is 0 Å². The van der Waals surface area contributed by atoms with E-state index in [-0.39, 0.29) is 18.0 Å². The number of hydrogen-bond acceptors (Lipinski definition) is 2. The minimum absolute atomic E-state index is 0.0474. The normalized spacial score (nSPS) is 11.5. The van der Waals surface area contributed by atoms with E-state index in [9.17, 15) is 9.59 Å². The molecule has 0 fully saturated rings. The predicted molar refractivity (Wildman–Crippen MR) is 58.2 cm³/mol. The van der Waals surface area contributed by atoms with Gasteiger partial charge >= 0.3 is 0 Å². The lowest BCUT2D eigenvalue weighted by atomic mass is 10.1. The highest BCUT2D eigenvalue weighted by Crippen LogP contribution is 2.04. The fourth-order valence-corrected chi connectivity index (χ4v) is 1.06. The molecule has 0 heterocycles. The zero-order chi connectivity index (χ0) is 11.0. The summed E-state index contributed by atoms with van der Waals surface area (Å²) in [6.45, 7) is 5.94. The second kappa shape index (κ2) is 7.48. The molecule has 0 atom stereocenters. The van der Waals surface area contributed by atoms with Crippen molar-refractivity contribution in [1.82, 2.24) is 0 Å². The average Bonchev–Trinajstić information content (AvgIpc) is 2.17. The first-order chi connectivity index (χ1) is 6.60. The molecule has 0 aromatic rings. The monoisotopic (exact) mass is 196 g/mol. The molecule has 0 N–H and O–H groups in total. The molecule has 2 heteroatoms. The van der Waals surface area contributed by atoms with Crippen LogP contribution in [0.15, 0.2) is 11.6 Å². The molecule has 0 spiro atoms. The van der Waals surface area contributed by atoms with E-state index < -0.39 is 0 Å². The molecule has 14 heavy (non-hydrogen) atoms. The minimum atomic E-state index is 0.0474. The Balaban J connectivity index is 3.70. The quantitative estimate of drug-likeness (QED) is 0.463. The summed E-state index contributed by atoms with van der Waals surface area (Å²) < 4.78 is 0. The third kappa shape index (κ3) is 6.58. The Morgan fingerprint density at radius 3 is 2.21 bits per heavy atom. The molecule has 0 aliphatic heterocycles. The molecule has 0 aromatic heterocycles. The largest absolute Gasteiger partial charge is 0.299 e. The third-order valence-electron chi connectivity index (χ3n) is 2.26. The van der Waals surface area contributed by atoms with Crippen molar-refractivity contribution in [2.75, 3.05) is 0 Å². The van der Waals surface area contributed by atoms with E-state index >= 15 is 0 Å². The number of Topliss-reactive ketones (excluding diaryl/α,β-unsaturated/α-hetero) is 2. The highest BCUT2D eigenvalue weighted by molar-refractivity contribution is 5.98. The molecular formula is C12H20O2. The molecule has 0 aliphatic carbocycles. The Hall–Kier alpha value is -0.920. The van der Waals surface area contributed by atoms with E-state index in [1.807, 2.05) is 0 Å². The Kier molecular flexibility index (Phi) is 6.99. The van der Waals surface area contributed by atoms with Gasteiger partial charge in [-0.25, -0.2) is 0 Å². The topological polar surface area (TPSA) is 34.1 Å². The Bertz CT molecular complexity index is 226. The number of carbonyl (C=O) groups excluding carboxylic acids is 2. The number of ketones is 2. The van der Waals surface area contributed by atoms with Crippen LogP contribution in [0.1, 0.15) is 52.9 Å². The van der Waals surface area contributed by atoms with Crippen LogP contribution in [0.25, 0.3) is 0 Å². The summed E-state index contributed by atoms with van der Waals surface area (Å²) in [5.74, 6) is 0.114. The predicted octanol–water partition coefficient (Wildman–Crippen LogP) is 3.06. The number of hydrogen-bond donors (Lipinski definition) is 0. The smallest absolute Gasteiger partial charge is 0.140 e. The van der Waals surface area contributed by atoms with Crippen molar-refractivity contribution in [1.29, 1.82) is 0 Å². The van der Waals surface area contributed by atoms with E-state index in [1.54, 1.807) is 6.92 Å². The summed E-state index contributed by atoms with van der Waals surface area (Å²) in [6.07, 6.45) is 4.97. The standard InChI is InChI=1S/C12H20O2/c1-4-10(3)7-6-8-12(14)9-11(13)5-2/h7H,4-6,8-9H2,1-3H3/b10-7-. The Morgan fingerprint density at radius 2 is 1.71 bits per heavy atom. The molecule has 2 nitrogen and oxygen atoms in total. The van der Waals surface area contributed by atoms with Crippen LogP contribution in [-0.2, 0) is 9.59 Å². The highest BCUT2D eigenvalue weighted by Gasteiger charge is 2.06. The van der Waals surface area contributed by atoms with Crippen LogP contribution in [-0.4, -0.2) is 11.6 Å². The van der Waals surface area contributed by atoms with Crippen molar-refractivity contribution in [3.8, 4) is 0 Å². The van der Waals surface area contributed by atoms with Gasteiger partial charge in [-0.05, 0) is 19.8 Å². The summed E-state index contributed by atoms with van der Waals surface area (Å²) in [5, 5.41) is 0. The van der Waals surface area contributed by atoms with Crippen molar-refractivity contribution in [2.45, 2.75) is 52.9 Å². The first-order valence-corrected chi connectivity index (χ1v) is 5.29. The van der Waals surface area contributed by atoms with Gasteiger partial charge in [-0.1, -0.05) is 25.5 Å². The van der Waals surface area contributed by atoms with Crippen molar-refractivity contribution in [2.24, 2.45) is 0 Å². The van der Waals surface area contributed by atoms with Gasteiger partial charge in [0, 0.05) is 12.8 Å². The van der Waals surface area contributed by atoms with Crippen LogP contribution in [0.2, 0.25) is 0 Å². The van der Waals surface area contributed by atoms with Gasteiger partial charge in [0.05, 0.1) is 6.42 Å². The maximum Gasteiger partial charge on any atom is 0.140 e. The molecule has 0 saturated heterocycles. The molecule has 0 aliphatic rings. The molecule has 0 radical (unpaired) electrons. The molecule has 0 unspecified atom stereocenters. The van der Waals surface area contributed by atoms with Crippen LogP contribution in [0.5, 0.6) is 0 Å². The van der Waals surface area contributed by atoms with Gasteiger partial charge in [-0.15, -0.1) is 0 Å². The summed E-state index contributed by atoms with van der Waals surface area (Å²) >= 11 is 0. The fourth-order valence-electron chi connectivity index (χ4n) is 1.06. The Morgan fingerprint density at radius 1 is 1.07 bits per heavy atom. The first kappa shape index (κ1) is 13.1. The molecule has 0 amide bonds. The maximum absolute atomic E-state index is 11.2. The lowest BCUT2D eigenvalue weighted by Gasteiger charge is -1.97. The summed E-state index contributed by atoms with van der Waals surface area (Å²) in [5.41, 5.74) is 1.31. The van der Waals surface area contributed by atoms with E-state index in [0.29, 0.717) is 12.8 Å². The lowest BCUT2D eigenvalue weighted by molar-refractivity contribution is -0.126. The van der Waals surface area contributed by atoms with Crippen LogP contribution in [0.4, 0.5) is 0 Å². The zero-order valence-corrected chi connectivity index (χ0v) is 9.43. The first-order valence-electron chi connectivity index (χ1n) is 5.29. The molecule has 80 valence electrons. The van der Waals surface area contributed by atoms with Gasteiger partial charge < -0.3 is 0 Å². The fraction of sp³-hybridized carbons (Fsp3) is 0.667. The summed E-state index contributed by atoms with van der Waals surface area (Å²) in [7, 11) is 0. The molecule has 0 saturated carbocycles. The van der Waals surface area contributed by atoms with E-state index in [4.69, 9.17) is 0 Å². The second-order valence-electron chi connectivity index (χ2n) is 3.55. The van der Waals surface area contributed by atoms with Crippen LogP contribution >= 0.6 is 0 Å². The van der Waals surface area contributed by atoms with E-state index in [0.717, 1.165) is 12.8 Å². The van der Waals surface area contributed by atoms with Crippen LogP contribution in [0.3, 0.4) is 0 Å². The van der Waals surface area contributed by atoms with Crippen LogP contribution < -0.4 is 0 Å². The van der Waals surface area contributed by atoms with Crippen molar-refractivity contribution >= 4 is 11.6 Å².